The number of likely N-dealkylation sites (N-methyl/N-ethyl adjacent to an activating group) is 1. The molecule has 0 unspecified atom stereocenters. The molecular weight excluding hydrogens is 140 g/mol. The molecule has 11 heavy (non-hydrogen) atoms. The van der Waals surface area contributed by atoms with Crippen molar-refractivity contribution in [3.63, 3.8) is 0 Å². The lowest BCUT2D eigenvalue weighted by atomic mass is 10.4. The highest BCUT2D eigenvalue weighted by Gasteiger charge is 2.01. The number of aliphatic hydroxyl groups excluding tert-OH is 1. The first-order valence-electron chi connectivity index (χ1n) is 4.20. The molecule has 0 bridgehead atoms. The van der Waals surface area contributed by atoms with Crippen molar-refractivity contribution >= 4 is 0 Å². The fourth-order valence-electron chi connectivity index (χ4n) is 0.777. The van der Waals surface area contributed by atoms with Gasteiger partial charge >= 0.3 is 0 Å². The van der Waals surface area contributed by atoms with Gasteiger partial charge in [0.2, 0.25) is 0 Å². The molecule has 0 aromatic heterocycles. The summed E-state index contributed by atoms with van der Waals surface area (Å²) in [6.07, 6.45) is -0.167. The average Bonchev–Trinajstić information content (AvgIpc) is 1.87. The van der Waals surface area contributed by atoms with Crippen LogP contribution in [0.15, 0.2) is 0 Å². The third kappa shape index (κ3) is 9.88. The van der Waals surface area contributed by atoms with E-state index in [4.69, 9.17) is 5.11 Å². The summed E-state index contributed by atoms with van der Waals surface area (Å²) in [4.78, 5) is 2.33. The number of hydrogen-bond acceptors (Lipinski definition) is 3. The number of piperazine rings is 1. The molecule has 3 heteroatoms. The van der Waals surface area contributed by atoms with Crippen LogP contribution >= 0.6 is 0 Å². The lowest BCUT2D eigenvalue weighted by Gasteiger charge is -2.21. The maximum atomic E-state index is 8.06. The topological polar surface area (TPSA) is 35.5 Å². The fraction of sp³-hybridized carbons (Fsp3) is 1.00. The fourth-order valence-corrected chi connectivity index (χ4v) is 0.777. The zero-order chi connectivity index (χ0) is 8.69. The highest BCUT2D eigenvalue weighted by Crippen LogP contribution is 1.83. The average molecular weight is 160 g/mol. The molecule has 0 aliphatic carbocycles. The van der Waals surface area contributed by atoms with E-state index in [1.165, 1.54) is 13.1 Å². The van der Waals surface area contributed by atoms with Crippen LogP contribution in [0.1, 0.15) is 13.8 Å². The van der Waals surface area contributed by atoms with Crippen LogP contribution in [-0.4, -0.2) is 49.3 Å². The minimum Gasteiger partial charge on any atom is -0.394 e. The summed E-state index contributed by atoms with van der Waals surface area (Å²) < 4.78 is 0. The summed E-state index contributed by atoms with van der Waals surface area (Å²) in [6.45, 7) is 8.19. The van der Waals surface area contributed by atoms with Crippen LogP contribution < -0.4 is 5.32 Å². The molecular formula is C8H20N2O. The molecule has 1 rings (SSSR count). The second-order valence-electron chi connectivity index (χ2n) is 3.15. The molecule has 2 N–H and O–H groups in total. The summed E-state index contributed by atoms with van der Waals surface area (Å²) >= 11 is 0. The highest BCUT2D eigenvalue weighted by atomic mass is 16.3. The van der Waals surface area contributed by atoms with E-state index in [1.807, 2.05) is 0 Å². The molecule has 1 aliphatic rings. The summed E-state index contributed by atoms with van der Waals surface area (Å²) in [7, 11) is 2.15. The minimum absolute atomic E-state index is 0.167. The van der Waals surface area contributed by atoms with Gasteiger partial charge in [-0.1, -0.05) is 0 Å². The first-order chi connectivity index (χ1) is 5.13. The van der Waals surface area contributed by atoms with Crippen molar-refractivity contribution in [3.8, 4) is 0 Å². The van der Waals surface area contributed by atoms with Gasteiger partial charge in [-0.2, -0.15) is 0 Å². The lowest BCUT2D eigenvalue weighted by molar-refractivity contribution is 0.216. The van der Waals surface area contributed by atoms with E-state index >= 15 is 0 Å². The van der Waals surface area contributed by atoms with E-state index in [9.17, 15) is 0 Å². The number of hydrogen-bond donors (Lipinski definition) is 2. The second kappa shape index (κ2) is 6.58. The van der Waals surface area contributed by atoms with E-state index in [0.717, 1.165) is 13.1 Å². The van der Waals surface area contributed by atoms with Crippen LogP contribution in [-0.2, 0) is 0 Å². The van der Waals surface area contributed by atoms with Crippen LogP contribution in [0, 0.1) is 0 Å². The van der Waals surface area contributed by atoms with Crippen molar-refractivity contribution in [1.29, 1.82) is 0 Å². The van der Waals surface area contributed by atoms with Crippen LogP contribution in [0.2, 0.25) is 0 Å². The summed E-state index contributed by atoms with van der Waals surface area (Å²) in [5.41, 5.74) is 0. The van der Waals surface area contributed by atoms with Gasteiger partial charge in [0.25, 0.3) is 0 Å². The third-order valence-electron chi connectivity index (χ3n) is 1.34. The molecule has 0 radical (unpaired) electrons. The SMILES string of the molecule is CC(C)O.CN1CCNCC1. The Balaban J connectivity index is 0.000000218. The van der Waals surface area contributed by atoms with E-state index in [2.05, 4.69) is 17.3 Å². The molecule has 0 amide bonds. The first kappa shape index (κ1) is 10.9. The smallest absolute Gasteiger partial charge is 0.0483 e. The van der Waals surface area contributed by atoms with Crippen molar-refractivity contribution in [2.45, 2.75) is 20.0 Å². The van der Waals surface area contributed by atoms with Gasteiger partial charge in [0.1, 0.15) is 0 Å². The lowest BCUT2D eigenvalue weighted by Crippen LogP contribution is -2.40. The number of aliphatic hydroxyl groups is 1. The van der Waals surface area contributed by atoms with Gasteiger partial charge in [0.15, 0.2) is 0 Å². The van der Waals surface area contributed by atoms with Crippen LogP contribution in [0.5, 0.6) is 0 Å². The Labute approximate surface area is 69.4 Å². The number of nitrogens with zero attached hydrogens (tertiary/aromatic N) is 1. The quantitative estimate of drug-likeness (QED) is 0.520. The maximum Gasteiger partial charge on any atom is 0.0483 e. The van der Waals surface area contributed by atoms with Crippen LogP contribution in [0.25, 0.3) is 0 Å². The van der Waals surface area contributed by atoms with Gasteiger partial charge in [-0.05, 0) is 20.9 Å². The zero-order valence-corrected chi connectivity index (χ0v) is 7.80. The minimum atomic E-state index is -0.167. The Morgan fingerprint density at radius 2 is 1.64 bits per heavy atom. The van der Waals surface area contributed by atoms with Crippen molar-refractivity contribution in [3.05, 3.63) is 0 Å². The number of nitrogens with one attached hydrogen (secondary N) is 1. The molecule has 0 saturated carbocycles. The molecule has 0 atom stereocenters. The summed E-state index contributed by atoms with van der Waals surface area (Å²) in [6, 6.07) is 0. The Kier molecular flexibility index (Phi) is 6.51. The van der Waals surface area contributed by atoms with Crippen molar-refractivity contribution < 1.29 is 5.11 Å². The zero-order valence-electron chi connectivity index (χ0n) is 7.80. The Bertz CT molecular complexity index is 77.4. The monoisotopic (exact) mass is 160 g/mol. The van der Waals surface area contributed by atoms with E-state index in [-0.39, 0.29) is 6.10 Å². The van der Waals surface area contributed by atoms with Crippen molar-refractivity contribution in [1.82, 2.24) is 10.2 Å². The first-order valence-corrected chi connectivity index (χ1v) is 4.20. The van der Waals surface area contributed by atoms with Gasteiger partial charge in [-0.3, -0.25) is 0 Å². The summed E-state index contributed by atoms with van der Waals surface area (Å²) in [5.74, 6) is 0. The standard InChI is InChI=1S/C5H12N2.C3H8O/c1-7-4-2-6-3-5-7;1-3(2)4/h6H,2-5H2,1H3;3-4H,1-2H3. The van der Waals surface area contributed by atoms with Crippen LogP contribution in [0.4, 0.5) is 0 Å². The van der Waals surface area contributed by atoms with Gasteiger partial charge < -0.3 is 15.3 Å². The normalized spacial score (nSPS) is 19.4. The Morgan fingerprint density at radius 3 is 1.82 bits per heavy atom. The molecule has 3 nitrogen and oxygen atoms in total. The van der Waals surface area contributed by atoms with E-state index in [1.54, 1.807) is 13.8 Å². The molecule has 1 heterocycles. The Morgan fingerprint density at radius 1 is 1.27 bits per heavy atom. The predicted octanol–water partition coefficient (Wildman–Crippen LogP) is -0.0915. The predicted molar refractivity (Wildman–Crippen MR) is 47.7 cm³/mol. The Hall–Kier alpha value is -0.120. The van der Waals surface area contributed by atoms with Crippen molar-refractivity contribution in [2.24, 2.45) is 0 Å². The second-order valence-corrected chi connectivity index (χ2v) is 3.15. The third-order valence-corrected chi connectivity index (χ3v) is 1.34. The van der Waals surface area contributed by atoms with Crippen molar-refractivity contribution in [2.75, 3.05) is 33.2 Å². The molecule has 0 aromatic carbocycles. The molecule has 1 saturated heterocycles. The molecule has 1 fully saturated rings. The molecule has 0 spiro atoms. The largest absolute Gasteiger partial charge is 0.394 e. The van der Waals surface area contributed by atoms with Gasteiger partial charge in [-0.25, -0.2) is 0 Å². The molecule has 0 aromatic rings. The maximum absolute atomic E-state index is 8.06. The van der Waals surface area contributed by atoms with Gasteiger partial charge in [0.05, 0.1) is 0 Å². The molecule has 68 valence electrons. The summed E-state index contributed by atoms with van der Waals surface area (Å²) in [5, 5.41) is 11.3. The van der Waals surface area contributed by atoms with Crippen LogP contribution in [0.3, 0.4) is 0 Å². The number of rotatable bonds is 0. The van der Waals surface area contributed by atoms with Gasteiger partial charge in [-0.15, -0.1) is 0 Å². The highest BCUT2D eigenvalue weighted by molar-refractivity contribution is 4.62. The van der Waals surface area contributed by atoms with E-state index < -0.39 is 0 Å². The molecule has 1 aliphatic heterocycles. The van der Waals surface area contributed by atoms with Gasteiger partial charge in [0, 0.05) is 32.3 Å². The van der Waals surface area contributed by atoms with E-state index in [0.29, 0.717) is 0 Å².